The summed E-state index contributed by atoms with van der Waals surface area (Å²) < 4.78 is 7.88. The summed E-state index contributed by atoms with van der Waals surface area (Å²) in [4.78, 5) is 0. The van der Waals surface area contributed by atoms with Crippen molar-refractivity contribution >= 4 is 11.6 Å². The molecule has 0 fully saturated rings. The molecule has 0 amide bonds. The molecule has 0 saturated carbocycles. The van der Waals surface area contributed by atoms with Gasteiger partial charge in [0.1, 0.15) is 12.1 Å². The minimum atomic E-state index is -0.167. The predicted molar refractivity (Wildman–Crippen MR) is 75.4 cm³/mol. The second-order valence-corrected chi connectivity index (χ2v) is 5.39. The molecule has 4 nitrogen and oxygen atoms in total. The van der Waals surface area contributed by atoms with Gasteiger partial charge in [-0.05, 0) is 31.0 Å². The van der Waals surface area contributed by atoms with Gasteiger partial charge in [-0.2, -0.15) is 0 Å². The summed E-state index contributed by atoms with van der Waals surface area (Å²) in [6.07, 6.45) is 1.58. The van der Waals surface area contributed by atoms with E-state index < -0.39 is 0 Å². The lowest BCUT2D eigenvalue weighted by molar-refractivity contribution is 0.209. The fraction of sp³-hybridized carbons (Fsp3) is 0.429. The lowest BCUT2D eigenvalue weighted by Gasteiger charge is -2.16. The van der Waals surface area contributed by atoms with Gasteiger partial charge in [0.25, 0.3) is 0 Å². The first-order valence-electron chi connectivity index (χ1n) is 6.36. The molecule has 0 aliphatic heterocycles. The van der Waals surface area contributed by atoms with E-state index in [9.17, 15) is 0 Å². The standard InChI is InChI=1S/C14H18ClN3O/c1-10(2)8-18-9-16-17-14(18)11(3)19-13-6-4-5-12(15)7-13/h4-7,9-11H,8H2,1-3H3. The average Bonchev–Trinajstić information content (AvgIpc) is 2.76. The normalized spacial score (nSPS) is 12.7. The summed E-state index contributed by atoms with van der Waals surface area (Å²) >= 11 is 5.94. The van der Waals surface area contributed by atoms with Crippen LogP contribution in [0.1, 0.15) is 32.7 Å². The molecule has 102 valence electrons. The third kappa shape index (κ3) is 3.70. The zero-order valence-electron chi connectivity index (χ0n) is 11.4. The van der Waals surface area contributed by atoms with Crippen LogP contribution in [0, 0.1) is 5.92 Å². The SMILES string of the molecule is CC(C)Cn1cnnc1C(C)Oc1cccc(Cl)c1. The average molecular weight is 280 g/mol. The van der Waals surface area contributed by atoms with Crippen LogP contribution in [-0.2, 0) is 6.54 Å². The molecule has 1 unspecified atom stereocenters. The Kier molecular flexibility index (Phi) is 4.43. The molecule has 0 radical (unpaired) electrons. The highest BCUT2D eigenvalue weighted by Gasteiger charge is 2.15. The van der Waals surface area contributed by atoms with Gasteiger partial charge < -0.3 is 9.30 Å². The topological polar surface area (TPSA) is 39.9 Å². The maximum atomic E-state index is 5.94. The van der Waals surface area contributed by atoms with E-state index in [1.54, 1.807) is 12.4 Å². The van der Waals surface area contributed by atoms with Crippen LogP contribution in [0.3, 0.4) is 0 Å². The maximum absolute atomic E-state index is 5.94. The van der Waals surface area contributed by atoms with Crippen molar-refractivity contribution in [1.29, 1.82) is 0 Å². The van der Waals surface area contributed by atoms with E-state index in [0.717, 1.165) is 18.1 Å². The molecule has 1 aromatic heterocycles. The smallest absolute Gasteiger partial charge is 0.173 e. The van der Waals surface area contributed by atoms with Crippen molar-refractivity contribution in [1.82, 2.24) is 14.8 Å². The van der Waals surface area contributed by atoms with Crippen LogP contribution in [0.4, 0.5) is 0 Å². The van der Waals surface area contributed by atoms with Crippen LogP contribution in [-0.4, -0.2) is 14.8 Å². The van der Waals surface area contributed by atoms with Gasteiger partial charge in [-0.3, -0.25) is 0 Å². The molecule has 0 spiro atoms. The molecule has 0 N–H and O–H groups in total. The molecule has 5 heteroatoms. The fourth-order valence-electron chi connectivity index (χ4n) is 1.91. The van der Waals surface area contributed by atoms with Crippen molar-refractivity contribution in [2.24, 2.45) is 5.92 Å². The molecule has 1 heterocycles. The zero-order chi connectivity index (χ0) is 13.8. The van der Waals surface area contributed by atoms with Gasteiger partial charge in [-0.1, -0.05) is 31.5 Å². The molecule has 0 bridgehead atoms. The van der Waals surface area contributed by atoms with Gasteiger partial charge in [0.2, 0.25) is 0 Å². The first kappa shape index (κ1) is 13.9. The van der Waals surface area contributed by atoms with Crippen LogP contribution in [0.5, 0.6) is 5.75 Å². The minimum absolute atomic E-state index is 0.167. The molecule has 0 aliphatic rings. The van der Waals surface area contributed by atoms with Gasteiger partial charge in [0.05, 0.1) is 0 Å². The number of nitrogens with zero attached hydrogens (tertiary/aromatic N) is 3. The third-order valence-corrected chi connectivity index (χ3v) is 2.91. The van der Waals surface area contributed by atoms with E-state index in [0.29, 0.717) is 10.9 Å². The van der Waals surface area contributed by atoms with Crippen LogP contribution >= 0.6 is 11.6 Å². The Bertz CT molecular complexity index is 539. The Morgan fingerprint density at radius 2 is 2.11 bits per heavy atom. The van der Waals surface area contributed by atoms with E-state index in [1.807, 2.05) is 29.7 Å². The highest BCUT2D eigenvalue weighted by molar-refractivity contribution is 6.30. The number of halogens is 1. The van der Waals surface area contributed by atoms with Gasteiger partial charge >= 0.3 is 0 Å². The monoisotopic (exact) mass is 279 g/mol. The summed E-state index contributed by atoms with van der Waals surface area (Å²) in [7, 11) is 0. The summed E-state index contributed by atoms with van der Waals surface area (Å²) in [6, 6.07) is 7.36. The first-order valence-corrected chi connectivity index (χ1v) is 6.74. The Labute approximate surface area is 118 Å². The van der Waals surface area contributed by atoms with Crippen molar-refractivity contribution in [3.05, 3.63) is 41.4 Å². The van der Waals surface area contributed by atoms with Crippen LogP contribution in [0.15, 0.2) is 30.6 Å². The number of rotatable bonds is 5. The van der Waals surface area contributed by atoms with Crippen molar-refractivity contribution in [3.63, 3.8) is 0 Å². The Morgan fingerprint density at radius 3 is 2.79 bits per heavy atom. The van der Waals surface area contributed by atoms with E-state index in [1.165, 1.54) is 0 Å². The zero-order valence-corrected chi connectivity index (χ0v) is 12.1. The largest absolute Gasteiger partial charge is 0.483 e. The van der Waals surface area contributed by atoms with E-state index in [2.05, 4.69) is 24.0 Å². The van der Waals surface area contributed by atoms with Crippen LogP contribution in [0.2, 0.25) is 5.02 Å². The number of benzene rings is 1. The summed E-state index contributed by atoms with van der Waals surface area (Å²) in [5.41, 5.74) is 0. The molecule has 0 aliphatic carbocycles. The van der Waals surface area contributed by atoms with Gasteiger partial charge in [0.15, 0.2) is 11.9 Å². The number of hydrogen-bond donors (Lipinski definition) is 0. The van der Waals surface area contributed by atoms with Crippen molar-refractivity contribution in [3.8, 4) is 5.75 Å². The van der Waals surface area contributed by atoms with Gasteiger partial charge in [-0.25, -0.2) is 0 Å². The van der Waals surface area contributed by atoms with Gasteiger partial charge in [-0.15, -0.1) is 10.2 Å². The van der Waals surface area contributed by atoms with E-state index >= 15 is 0 Å². The Balaban J connectivity index is 2.11. The molecular weight excluding hydrogens is 262 g/mol. The molecule has 1 atom stereocenters. The van der Waals surface area contributed by atoms with Crippen molar-refractivity contribution in [2.45, 2.75) is 33.4 Å². The molecule has 2 rings (SSSR count). The maximum Gasteiger partial charge on any atom is 0.173 e. The van der Waals surface area contributed by atoms with E-state index in [-0.39, 0.29) is 6.10 Å². The van der Waals surface area contributed by atoms with Gasteiger partial charge in [0, 0.05) is 11.6 Å². The first-order chi connectivity index (χ1) is 9.06. The Morgan fingerprint density at radius 1 is 1.32 bits per heavy atom. The second kappa shape index (κ2) is 6.06. The third-order valence-electron chi connectivity index (χ3n) is 2.68. The van der Waals surface area contributed by atoms with E-state index in [4.69, 9.17) is 16.3 Å². The minimum Gasteiger partial charge on any atom is -0.483 e. The predicted octanol–water partition coefficient (Wildman–Crippen LogP) is 3.73. The number of ether oxygens (including phenoxy) is 1. The number of hydrogen-bond acceptors (Lipinski definition) is 3. The summed E-state index contributed by atoms with van der Waals surface area (Å²) in [6.45, 7) is 7.16. The molecular formula is C14H18ClN3O. The quantitative estimate of drug-likeness (QED) is 0.837. The Hall–Kier alpha value is -1.55. The summed E-state index contributed by atoms with van der Waals surface area (Å²) in [5, 5.41) is 8.77. The lowest BCUT2D eigenvalue weighted by atomic mass is 10.2. The fourth-order valence-corrected chi connectivity index (χ4v) is 2.09. The van der Waals surface area contributed by atoms with Crippen LogP contribution in [0.25, 0.3) is 0 Å². The lowest BCUT2D eigenvalue weighted by Crippen LogP contribution is -2.14. The molecule has 0 saturated heterocycles. The summed E-state index contributed by atoms with van der Waals surface area (Å²) in [5.74, 6) is 2.10. The highest BCUT2D eigenvalue weighted by atomic mass is 35.5. The van der Waals surface area contributed by atoms with Crippen molar-refractivity contribution < 1.29 is 4.74 Å². The second-order valence-electron chi connectivity index (χ2n) is 4.95. The highest BCUT2D eigenvalue weighted by Crippen LogP contribution is 2.23. The van der Waals surface area contributed by atoms with Crippen molar-refractivity contribution in [2.75, 3.05) is 0 Å². The number of aromatic nitrogens is 3. The van der Waals surface area contributed by atoms with Crippen LogP contribution < -0.4 is 4.74 Å². The molecule has 1 aromatic carbocycles. The molecule has 19 heavy (non-hydrogen) atoms. The molecule has 2 aromatic rings.